The van der Waals surface area contributed by atoms with Crippen molar-refractivity contribution in [2.45, 2.75) is 31.7 Å². The second-order valence-corrected chi connectivity index (χ2v) is 3.68. The monoisotopic (exact) mass is 155 g/mol. The van der Waals surface area contributed by atoms with E-state index in [4.69, 9.17) is 4.74 Å². The van der Waals surface area contributed by atoms with Gasteiger partial charge in [0.15, 0.2) is 0 Å². The van der Waals surface area contributed by atoms with Crippen LogP contribution in [-0.4, -0.2) is 25.8 Å². The van der Waals surface area contributed by atoms with Crippen LogP contribution >= 0.6 is 0 Å². The first-order valence-electron chi connectivity index (χ1n) is 4.78. The molecule has 0 aliphatic carbocycles. The first-order chi connectivity index (χ1) is 5.47. The van der Waals surface area contributed by atoms with Crippen molar-refractivity contribution in [3.05, 3.63) is 0 Å². The molecular weight excluding hydrogens is 138 g/mol. The minimum absolute atomic E-state index is 0.773. The van der Waals surface area contributed by atoms with Crippen LogP contribution in [0, 0.1) is 5.92 Å². The van der Waals surface area contributed by atoms with Crippen molar-refractivity contribution in [3.8, 4) is 0 Å². The summed E-state index contributed by atoms with van der Waals surface area (Å²) in [6, 6.07) is 0.773. The second-order valence-electron chi connectivity index (χ2n) is 3.68. The van der Waals surface area contributed by atoms with E-state index in [-0.39, 0.29) is 0 Å². The molecule has 0 aromatic heterocycles. The van der Waals surface area contributed by atoms with Crippen LogP contribution in [0.4, 0.5) is 0 Å². The highest BCUT2D eigenvalue weighted by atomic mass is 16.5. The van der Waals surface area contributed by atoms with E-state index in [0.717, 1.165) is 25.2 Å². The lowest BCUT2D eigenvalue weighted by Gasteiger charge is -2.27. The molecule has 2 heterocycles. The van der Waals surface area contributed by atoms with Crippen LogP contribution in [-0.2, 0) is 4.74 Å². The highest BCUT2D eigenvalue weighted by Crippen LogP contribution is 2.22. The maximum atomic E-state index is 5.45. The Labute approximate surface area is 68.3 Å². The number of rotatable bonds is 1. The van der Waals surface area contributed by atoms with E-state index >= 15 is 0 Å². The average Bonchev–Trinajstić information content (AvgIpc) is 2.58. The van der Waals surface area contributed by atoms with Gasteiger partial charge in [-0.3, -0.25) is 0 Å². The van der Waals surface area contributed by atoms with Crippen LogP contribution in [0.25, 0.3) is 0 Å². The summed E-state index contributed by atoms with van der Waals surface area (Å²) in [6.45, 7) is 3.21. The number of ether oxygens (including phenoxy) is 1. The van der Waals surface area contributed by atoms with Crippen LogP contribution in [0.1, 0.15) is 25.7 Å². The third-order valence-electron chi connectivity index (χ3n) is 2.86. The largest absolute Gasteiger partial charge is 0.381 e. The van der Waals surface area contributed by atoms with Crippen molar-refractivity contribution in [2.24, 2.45) is 5.92 Å². The zero-order valence-corrected chi connectivity index (χ0v) is 7.01. The highest BCUT2D eigenvalue weighted by molar-refractivity contribution is 4.82. The lowest BCUT2D eigenvalue weighted by atomic mass is 9.93. The third kappa shape index (κ3) is 1.74. The fourth-order valence-corrected chi connectivity index (χ4v) is 2.20. The van der Waals surface area contributed by atoms with Gasteiger partial charge in [0.25, 0.3) is 0 Å². The fraction of sp³-hybridized carbons (Fsp3) is 1.00. The van der Waals surface area contributed by atoms with Gasteiger partial charge in [-0.2, -0.15) is 0 Å². The van der Waals surface area contributed by atoms with E-state index < -0.39 is 0 Å². The lowest BCUT2D eigenvalue weighted by molar-refractivity contribution is 0.0422. The van der Waals surface area contributed by atoms with Gasteiger partial charge < -0.3 is 10.1 Å². The first kappa shape index (κ1) is 7.56. The third-order valence-corrected chi connectivity index (χ3v) is 2.86. The molecule has 2 nitrogen and oxygen atoms in total. The topological polar surface area (TPSA) is 21.3 Å². The van der Waals surface area contributed by atoms with E-state index in [1.54, 1.807) is 0 Å². The van der Waals surface area contributed by atoms with Gasteiger partial charge in [0.05, 0.1) is 6.61 Å². The van der Waals surface area contributed by atoms with Gasteiger partial charge in [-0.1, -0.05) is 0 Å². The van der Waals surface area contributed by atoms with Gasteiger partial charge in [0.1, 0.15) is 0 Å². The molecule has 0 saturated carbocycles. The number of hydrogen-bond donors (Lipinski definition) is 1. The van der Waals surface area contributed by atoms with E-state index in [1.807, 2.05) is 0 Å². The van der Waals surface area contributed by atoms with Gasteiger partial charge in [-0.15, -0.1) is 0 Å². The van der Waals surface area contributed by atoms with Gasteiger partial charge in [0, 0.05) is 12.6 Å². The Morgan fingerprint density at radius 3 is 2.82 bits per heavy atom. The molecule has 0 aromatic carbocycles. The minimum atomic E-state index is 0.773. The molecule has 0 spiro atoms. The van der Waals surface area contributed by atoms with Crippen LogP contribution in [0.15, 0.2) is 0 Å². The summed E-state index contributed by atoms with van der Waals surface area (Å²) in [4.78, 5) is 0. The minimum Gasteiger partial charge on any atom is -0.381 e. The maximum Gasteiger partial charge on any atom is 0.0509 e. The Morgan fingerprint density at radius 1 is 1.18 bits per heavy atom. The Balaban J connectivity index is 1.82. The van der Waals surface area contributed by atoms with E-state index in [2.05, 4.69) is 5.32 Å². The number of nitrogens with one attached hydrogen (secondary N) is 1. The van der Waals surface area contributed by atoms with Gasteiger partial charge in [-0.25, -0.2) is 0 Å². The zero-order chi connectivity index (χ0) is 7.52. The standard InChI is InChI=1S/C9H17NO/c1-4-9(10-5-1)8-3-2-6-11-7-8/h8-10H,1-7H2/t8-,9+/m0/s1. The summed E-state index contributed by atoms with van der Waals surface area (Å²) in [5.41, 5.74) is 0. The normalized spacial score (nSPS) is 39.3. The molecule has 0 aromatic rings. The zero-order valence-electron chi connectivity index (χ0n) is 7.01. The Morgan fingerprint density at radius 2 is 2.18 bits per heavy atom. The summed E-state index contributed by atoms with van der Waals surface area (Å²) in [7, 11) is 0. The summed E-state index contributed by atoms with van der Waals surface area (Å²) in [5, 5.41) is 3.55. The molecule has 0 amide bonds. The van der Waals surface area contributed by atoms with Crippen LogP contribution in [0.5, 0.6) is 0 Å². The first-order valence-corrected chi connectivity index (χ1v) is 4.78. The Bertz CT molecular complexity index is 115. The molecule has 2 rings (SSSR count). The van der Waals surface area contributed by atoms with E-state index in [9.17, 15) is 0 Å². The highest BCUT2D eigenvalue weighted by Gasteiger charge is 2.25. The summed E-state index contributed by atoms with van der Waals surface area (Å²) in [6.07, 6.45) is 5.37. The fourth-order valence-electron chi connectivity index (χ4n) is 2.20. The molecule has 64 valence electrons. The molecule has 2 aliphatic heterocycles. The molecule has 0 radical (unpaired) electrons. The van der Waals surface area contributed by atoms with Crippen molar-refractivity contribution in [3.63, 3.8) is 0 Å². The predicted molar refractivity (Wildman–Crippen MR) is 44.6 cm³/mol. The van der Waals surface area contributed by atoms with Crippen molar-refractivity contribution >= 4 is 0 Å². The van der Waals surface area contributed by atoms with Crippen LogP contribution in [0.3, 0.4) is 0 Å². The summed E-state index contributed by atoms with van der Waals surface area (Å²) in [5.74, 6) is 0.811. The van der Waals surface area contributed by atoms with Gasteiger partial charge in [-0.05, 0) is 38.1 Å². The van der Waals surface area contributed by atoms with Crippen molar-refractivity contribution in [1.82, 2.24) is 5.32 Å². The van der Waals surface area contributed by atoms with Gasteiger partial charge >= 0.3 is 0 Å². The molecule has 2 heteroatoms. The molecule has 2 atom stereocenters. The average molecular weight is 155 g/mol. The second kappa shape index (κ2) is 3.55. The molecule has 2 aliphatic rings. The number of hydrogen-bond acceptors (Lipinski definition) is 2. The maximum absolute atomic E-state index is 5.45. The molecular formula is C9H17NO. The van der Waals surface area contributed by atoms with Gasteiger partial charge in [0.2, 0.25) is 0 Å². The van der Waals surface area contributed by atoms with Crippen molar-refractivity contribution in [2.75, 3.05) is 19.8 Å². The Kier molecular flexibility index (Phi) is 2.44. The van der Waals surface area contributed by atoms with E-state index in [1.165, 1.54) is 32.2 Å². The molecule has 2 fully saturated rings. The molecule has 0 unspecified atom stereocenters. The summed E-state index contributed by atoms with van der Waals surface area (Å²) >= 11 is 0. The SMILES string of the molecule is C1COC[C@@H]([C@H]2CCCN2)C1. The van der Waals surface area contributed by atoms with Crippen molar-refractivity contribution < 1.29 is 4.74 Å². The molecule has 11 heavy (non-hydrogen) atoms. The molecule has 0 bridgehead atoms. The lowest BCUT2D eigenvalue weighted by Crippen LogP contribution is -2.35. The van der Waals surface area contributed by atoms with Crippen molar-refractivity contribution in [1.29, 1.82) is 0 Å². The summed E-state index contributed by atoms with van der Waals surface area (Å²) < 4.78 is 5.45. The Hall–Kier alpha value is -0.0800. The quantitative estimate of drug-likeness (QED) is 0.613. The van der Waals surface area contributed by atoms with Crippen LogP contribution < -0.4 is 5.32 Å². The van der Waals surface area contributed by atoms with Crippen LogP contribution in [0.2, 0.25) is 0 Å². The predicted octanol–water partition coefficient (Wildman–Crippen LogP) is 1.17. The molecule has 2 saturated heterocycles. The smallest absolute Gasteiger partial charge is 0.0509 e. The molecule has 1 N–H and O–H groups in total. The van der Waals surface area contributed by atoms with E-state index in [0.29, 0.717) is 0 Å².